The Balaban J connectivity index is 2.83. The van der Waals surface area contributed by atoms with E-state index in [1.807, 2.05) is 0 Å². The Labute approximate surface area is 102 Å². The number of nitrogens with two attached hydrogens (primary N) is 1. The second-order valence-corrected chi connectivity index (χ2v) is 3.72. The standard InChI is InChI=1S/C10H11F3N2OS/c11-10(12,13)6-2-1-3-7(4-6)15-9(16)8(14)5-17/h1-4,8,17H,5,14H2,(H,15,16). The van der Waals surface area contributed by atoms with Gasteiger partial charge in [0.2, 0.25) is 5.91 Å². The molecule has 94 valence electrons. The summed E-state index contributed by atoms with van der Waals surface area (Å²) in [7, 11) is 0. The number of anilines is 1. The highest BCUT2D eigenvalue weighted by Crippen LogP contribution is 2.30. The molecule has 1 aromatic rings. The first-order chi connectivity index (χ1) is 7.84. The minimum absolute atomic E-state index is 0.0575. The van der Waals surface area contributed by atoms with Gasteiger partial charge in [0.15, 0.2) is 0 Å². The molecule has 1 amide bonds. The topological polar surface area (TPSA) is 55.1 Å². The fourth-order valence-corrected chi connectivity index (χ4v) is 1.26. The van der Waals surface area contributed by atoms with E-state index in [0.29, 0.717) is 0 Å². The summed E-state index contributed by atoms with van der Waals surface area (Å²) in [5.74, 6) is -0.454. The molecule has 1 unspecified atom stereocenters. The summed E-state index contributed by atoms with van der Waals surface area (Å²) in [6.45, 7) is 0. The van der Waals surface area contributed by atoms with Gasteiger partial charge in [0.1, 0.15) is 0 Å². The van der Waals surface area contributed by atoms with Gasteiger partial charge in [-0.2, -0.15) is 25.8 Å². The minimum Gasteiger partial charge on any atom is -0.325 e. The average molecular weight is 264 g/mol. The monoisotopic (exact) mass is 264 g/mol. The largest absolute Gasteiger partial charge is 0.416 e. The van der Waals surface area contributed by atoms with Crippen LogP contribution in [0.25, 0.3) is 0 Å². The van der Waals surface area contributed by atoms with Crippen LogP contribution in [0.4, 0.5) is 18.9 Å². The number of thiol groups is 1. The van der Waals surface area contributed by atoms with Gasteiger partial charge in [-0.1, -0.05) is 6.07 Å². The number of halogens is 3. The average Bonchev–Trinajstić information content (AvgIpc) is 2.27. The van der Waals surface area contributed by atoms with Crippen LogP contribution >= 0.6 is 12.6 Å². The fraction of sp³-hybridized carbons (Fsp3) is 0.300. The van der Waals surface area contributed by atoms with Crippen molar-refractivity contribution in [3.8, 4) is 0 Å². The minimum atomic E-state index is -4.44. The summed E-state index contributed by atoms with van der Waals surface area (Å²) < 4.78 is 37.1. The smallest absolute Gasteiger partial charge is 0.325 e. The number of alkyl halides is 3. The van der Waals surface area contributed by atoms with Crippen molar-refractivity contribution in [2.45, 2.75) is 12.2 Å². The lowest BCUT2D eigenvalue weighted by molar-refractivity contribution is -0.137. The summed E-state index contributed by atoms with van der Waals surface area (Å²) in [6.07, 6.45) is -4.44. The van der Waals surface area contributed by atoms with Crippen LogP contribution in [-0.2, 0) is 11.0 Å². The number of rotatable bonds is 3. The van der Waals surface area contributed by atoms with Crippen molar-refractivity contribution in [3.63, 3.8) is 0 Å². The van der Waals surface area contributed by atoms with E-state index in [1.54, 1.807) is 0 Å². The van der Waals surface area contributed by atoms with Gasteiger partial charge in [0.25, 0.3) is 0 Å². The van der Waals surface area contributed by atoms with Gasteiger partial charge in [-0.05, 0) is 18.2 Å². The predicted octanol–water partition coefficient (Wildman–Crippen LogP) is 1.90. The molecule has 0 fully saturated rings. The molecule has 0 aliphatic carbocycles. The lowest BCUT2D eigenvalue weighted by atomic mass is 10.2. The normalized spacial score (nSPS) is 13.2. The highest BCUT2D eigenvalue weighted by Gasteiger charge is 2.30. The first-order valence-corrected chi connectivity index (χ1v) is 5.32. The van der Waals surface area contributed by atoms with E-state index in [-0.39, 0.29) is 11.4 Å². The Morgan fingerprint density at radius 3 is 2.65 bits per heavy atom. The second-order valence-electron chi connectivity index (χ2n) is 3.36. The zero-order chi connectivity index (χ0) is 13.1. The Bertz CT molecular complexity index is 409. The lowest BCUT2D eigenvalue weighted by Crippen LogP contribution is -2.37. The third-order valence-electron chi connectivity index (χ3n) is 1.99. The third kappa shape index (κ3) is 3.94. The van der Waals surface area contributed by atoms with Crippen molar-refractivity contribution < 1.29 is 18.0 Å². The quantitative estimate of drug-likeness (QED) is 0.730. The van der Waals surface area contributed by atoms with Crippen molar-refractivity contribution in [3.05, 3.63) is 29.8 Å². The molecule has 0 radical (unpaired) electrons. The van der Waals surface area contributed by atoms with Crippen LogP contribution in [0.15, 0.2) is 24.3 Å². The zero-order valence-electron chi connectivity index (χ0n) is 8.66. The Hall–Kier alpha value is -1.21. The molecular formula is C10H11F3N2OS. The summed E-state index contributed by atoms with van der Waals surface area (Å²) in [5.41, 5.74) is 4.61. The van der Waals surface area contributed by atoms with Gasteiger partial charge in [0, 0.05) is 11.4 Å². The molecule has 3 N–H and O–H groups in total. The van der Waals surface area contributed by atoms with Crippen molar-refractivity contribution >= 4 is 24.2 Å². The van der Waals surface area contributed by atoms with Crippen LogP contribution in [0.1, 0.15) is 5.56 Å². The highest BCUT2D eigenvalue weighted by atomic mass is 32.1. The molecule has 1 aromatic carbocycles. The predicted molar refractivity (Wildman–Crippen MR) is 61.9 cm³/mol. The lowest BCUT2D eigenvalue weighted by Gasteiger charge is -2.12. The molecule has 1 rings (SSSR count). The van der Waals surface area contributed by atoms with Crippen LogP contribution in [0.3, 0.4) is 0 Å². The number of amides is 1. The Morgan fingerprint density at radius 1 is 1.47 bits per heavy atom. The molecule has 7 heteroatoms. The molecule has 0 aromatic heterocycles. The van der Waals surface area contributed by atoms with Gasteiger partial charge in [-0.25, -0.2) is 0 Å². The van der Waals surface area contributed by atoms with Crippen LogP contribution in [0.2, 0.25) is 0 Å². The highest BCUT2D eigenvalue weighted by molar-refractivity contribution is 7.80. The third-order valence-corrected chi connectivity index (χ3v) is 2.38. The Morgan fingerprint density at radius 2 is 2.12 bits per heavy atom. The first-order valence-electron chi connectivity index (χ1n) is 4.69. The molecule has 0 aliphatic rings. The van der Waals surface area contributed by atoms with Gasteiger partial charge < -0.3 is 11.1 Å². The summed E-state index contributed by atoms with van der Waals surface area (Å²) in [4.78, 5) is 11.3. The van der Waals surface area contributed by atoms with Crippen molar-refractivity contribution in [2.24, 2.45) is 5.73 Å². The van der Waals surface area contributed by atoms with Gasteiger partial charge in [-0.15, -0.1) is 0 Å². The maximum atomic E-state index is 12.4. The summed E-state index contributed by atoms with van der Waals surface area (Å²) in [6, 6.07) is 3.49. The number of hydrogen-bond donors (Lipinski definition) is 3. The number of benzene rings is 1. The van der Waals surface area contributed by atoms with Crippen molar-refractivity contribution in [1.29, 1.82) is 0 Å². The van der Waals surface area contributed by atoms with E-state index in [0.717, 1.165) is 12.1 Å². The molecular weight excluding hydrogens is 253 g/mol. The maximum absolute atomic E-state index is 12.4. The maximum Gasteiger partial charge on any atom is 0.416 e. The van der Waals surface area contributed by atoms with Crippen LogP contribution < -0.4 is 11.1 Å². The van der Waals surface area contributed by atoms with Gasteiger partial charge >= 0.3 is 6.18 Å². The SMILES string of the molecule is NC(CS)C(=O)Nc1cccc(C(F)(F)F)c1. The molecule has 17 heavy (non-hydrogen) atoms. The number of carbonyl (C=O) groups excluding carboxylic acids is 1. The van der Waals surface area contributed by atoms with Crippen molar-refractivity contribution in [2.75, 3.05) is 11.1 Å². The van der Waals surface area contributed by atoms with Crippen LogP contribution in [0.5, 0.6) is 0 Å². The molecule has 0 saturated carbocycles. The van der Waals surface area contributed by atoms with E-state index >= 15 is 0 Å². The Kier molecular flexibility index (Phi) is 4.41. The number of hydrogen-bond acceptors (Lipinski definition) is 3. The summed E-state index contributed by atoms with van der Waals surface area (Å²) in [5, 5.41) is 2.29. The zero-order valence-corrected chi connectivity index (χ0v) is 9.55. The summed E-state index contributed by atoms with van der Waals surface area (Å²) >= 11 is 3.82. The molecule has 0 heterocycles. The molecule has 0 saturated heterocycles. The van der Waals surface area contributed by atoms with E-state index < -0.39 is 23.7 Å². The van der Waals surface area contributed by atoms with Gasteiger partial charge in [-0.3, -0.25) is 4.79 Å². The molecule has 0 aliphatic heterocycles. The van der Waals surface area contributed by atoms with E-state index in [2.05, 4.69) is 17.9 Å². The van der Waals surface area contributed by atoms with Crippen LogP contribution in [-0.4, -0.2) is 17.7 Å². The van der Waals surface area contributed by atoms with Gasteiger partial charge in [0.05, 0.1) is 11.6 Å². The van der Waals surface area contributed by atoms with Crippen molar-refractivity contribution in [1.82, 2.24) is 0 Å². The first kappa shape index (κ1) is 13.9. The number of nitrogens with one attached hydrogen (secondary N) is 1. The molecule has 3 nitrogen and oxygen atoms in total. The molecule has 0 spiro atoms. The number of carbonyl (C=O) groups is 1. The van der Waals surface area contributed by atoms with E-state index in [4.69, 9.17) is 5.73 Å². The fourth-order valence-electron chi connectivity index (χ4n) is 1.09. The van der Waals surface area contributed by atoms with E-state index in [1.165, 1.54) is 12.1 Å². The molecule has 0 bridgehead atoms. The van der Waals surface area contributed by atoms with Crippen LogP contribution in [0, 0.1) is 0 Å². The second kappa shape index (κ2) is 5.42. The van der Waals surface area contributed by atoms with E-state index in [9.17, 15) is 18.0 Å². The molecule has 1 atom stereocenters.